The molecule has 0 aliphatic heterocycles. The number of nitrogens with two attached hydrogens (primary N) is 1. The molecule has 0 unspecified atom stereocenters. The van der Waals surface area contributed by atoms with E-state index in [-0.39, 0.29) is 18.1 Å². The standard InChI is InChI=1S/C12H23N5O2/c1-8(2)7-18-6-5-14-11-15-10(13)16-12(17-11)19-9(3)4/h8-9H,5-7H2,1-4H3,(H3,13,14,15,16,17). The lowest BCUT2D eigenvalue weighted by Gasteiger charge is -2.10. The van der Waals surface area contributed by atoms with Crippen LogP contribution in [0.3, 0.4) is 0 Å². The zero-order chi connectivity index (χ0) is 14.3. The summed E-state index contributed by atoms with van der Waals surface area (Å²) in [6.45, 7) is 9.94. The summed E-state index contributed by atoms with van der Waals surface area (Å²) < 4.78 is 10.8. The van der Waals surface area contributed by atoms with E-state index in [1.165, 1.54) is 0 Å². The molecule has 0 fully saturated rings. The smallest absolute Gasteiger partial charge is 0.323 e. The SMILES string of the molecule is CC(C)COCCNc1nc(N)nc(OC(C)C)n1. The summed E-state index contributed by atoms with van der Waals surface area (Å²) in [4.78, 5) is 12.0. The Kier molecular flexibility index (Phi) is 6.27. The maximum absolute atomic E-state index is 5.59. The van der Waals surface area contributed by atoms with Gasteiger partial charge in [0, 0.05) is 13.2 Å². The zero-order valence-electron chi connectivity index (χ0n) is 12.0. The first kappa shape index (κ1) is 15.4. The second-order valence-corrected chi connectivity index (χ2v) is 4.86. The predicted molar refractivity (Wildman–Crippen MR) is 74.2 cm³/mol. The molecule has 19 heavy (non-hydrogen) atoms. The van der Waals surface area contributed by atoms with E-state index in [1.807, 2.05) is 13.8 Å². The molecule has 0 aliphatic rings. The van der Waals surface area contributed by atoms with Gasteiger partial charge in [-0.3, -0.25) is 0 Å². The normalized spacial score (nSPS) is 11.1. The van der Waals surface area contributed by atoms with Crippen LogP contribution in [0, 0.1) is 5.92 Å². The number of nitrogens with zero attached hydrogens (tertiary/aromatic N) is 3. The maximum atomic E-state index is 5.59. The van der Waals surface area contributed by atoms with Gasteiger partial charge in [-0.25, -0.2) is 0 Å². The molecule has 1 rings (SSSR count). The van der Waals surface area contributed by atoms with E-state index < -0.39 is 0 Å². The van der Waals surface area contributed by atoms with E-state index in [4.69, 9.17) is 15.2 Å². The molecule has 1 aromatic heterocycles. The van der Waals surface area contributed by atoms with Crippen molar-refractivity contribution in [3.63, 3.8) is 0 Å². The average molecular weight is 269 g/mol. The van der Waals surface area contributed by atoms with Crippen LogP contribution in [0.5, 0.6) is 6.01 Å². The van der Waals surface area contributed by atoms with Gasteiger partial charge in [-0.15, -0.1) is 0 Å². The fraction of sp³-hybridized carbons (Fsp3) is 0.750. The molecule has 7 nitrogen and oxygen atoms in total. The monoisotopic (exact) mass is 269 g/mol. The topological polar surface area (TPSA) is 95.2 Å². The third-order valence-electron chi connectivity index (χ3n) is 1.95. The Morgan fingerprint density at radius 1 is 1.16 bits per heavy atom. The summed E-state index contributed by atoms with van der Waals surface area (Å²) in [7, 11) is 0. The zero-order valence-corrected chi connectivity index (χ0v) is 12.0. The Balaban J connectivity index is 2.42. The van der Waals surface area contributed by atoms with Gasteiger partial charge in [-0.05, 0) is 19.8 Å². The molecule has 0 aromatic carbocycles. The molecule has 0 saturated carbocycles. The van der Waals surface area contributed by atoms with Crippen molar-refractivity contribution in [2.24, 2.45) is 5.92 Å². The molecule has 0 atom stereocenters. The molecule has 0 bridgehead atoms. The van der Waals surface area contributed by atoms with Gasteiger partial charge in [-0.2, -0.15) is 15.0 Å². The quantitative estimate of drug-likeness (QED) is 0.687. The molecule has 0 saturated heterocycles. The molecular formula is C12H23N5O2. The maximum Gasteiger partial charge on any atom is 0.323 e. The Hall–Kier alpha value is -1.63. The van der Waals surface area contributed by atoms with Crippen molar-refractivity contribution in [2.75, 3.05) is 30.8 Å². The Morgan fingerprint density at radius 3 is 2.53 bits per heavy atom. The highest BCUT2D eigenvalue weighted by Crippen LogP contribution is 2.10. The number of nitrogen functional groups attached to an aromatic ring is 1. The van der Waals surface area contributed by atoms with Crippen molar-refractivity contribution < 1.29 is 9.47 Å². The molecule has 7 heteroatoms. The average Bonchev–Trinajstić information content (AvgIpc) is 2.26. The van der Waals surface area contributed by atoms with Crippen LogP contribution in [0.25, 0.3) is 0 Å². The highest BCUT2D eigenvalue weighted by Gasteiger charge is 2.06. The van der Waals surface area contributed by atoms with Crippen LogP contribution >= 0.6 is 0 Å². The Bertz CT molecular complexity index is 384. The van der Waals surface area contributed by atoms with E-state index in [1.54, 1.807) is 0 Å². The summed E-state index contributed by atoms with van der Waals surface area (Å²) >= 11 is 0. The van der Waals surface area contributed by atoms with E-state index in [9.17, 15) is 0 Å². The van der Waals surface area contributed by atoms with Gasteiger partial charge in [0.25, 0.3) is 0 Å². The fourth-order valence-electron chi connectivity index (χ4n) is 1.27. The van der Waals surface area contributed by atoms with Gasteiger partial charge in [0.1, 0.15) is 0 Å². The second-order valence-electron chi connectivity index (χ2n) is 4.86. The first-order valence-corrected chi connectivity index (χ1v) is 6.47. The third-order valence-corrected chi connectivity index (χ3v) is 1.95. The largest absolute Gasteiger partial charge is 0.461 e. The van der Waals surface area contributed by atoms with Crippen molar-refractivity contribution in [3.05, 3.63) is 0 Å². The highest BCUT2D eigenvalue weighted by atomic mass is 16.5. The van der Waals surface area contributed by atoms with Crippen LogP contribution in [0.4, 0.5) is 11.9 Å². The summed E-state index contributed by atoms with van der Waals surface area (Å²) in [5, 5.41) is 3.03. The number of hydrogen-bond donors (Lipinski definition) is 2. The van der Waals surface area contributed by atoms with E-state index >= 15 is 0 Å². The summed E-state index contributed by atoms with van der Waals surface area (Å²) in [5.41, 5.74) is 5.59. The molecule has 108 valence electrons. The third kappa shape index (κ3) is 6.76. The van der Waals surface area contributed by atoms with Gasteiger partial charge in [0.15, 0.2) is 0 Å². The Labute approximate surface area is 113 Å². The van der Waals surface area contributed by atoms with Crippen molar-refractivity contribution >= 4 is 11.9 Å². The van der Waals surface area contributed by atoms with E-state index in [0.29, 0.717) is 25.0 Å². The Morgan fingerprint density at radius 2 is 1.89 bits per heavy atom. The van der Waals surface area contributed by atoms with E-state index in [2.05, 4.69) is 34.1 Å². The first-order valence-electron chi connectivity index (χ1n) is 6.47. The van der Waals surface area contributed by atoms with Crippen LogP contribution in [0.15, 0.2) is 0 Å². The summed E-state index contributed by atoms with van der Waals surface area (Å²) in [5.74, 6) is 1.06. The van der Waals surface area contributed by atoms with Crippen LogP contribution in [-0.2, 0) is 4.74 Å². The minimum atomic E-state index is -0.0102. The lowest BCUT2D eigenvalue weighted by atomic mass is 10.2. The van der Waals surface area contributed by atoms with Crippen molar-refractivity contribution in [1.29, 1.82) is 0 Å². The van der Waals surface area contributed by atoms with Crippen molar-refractivity contribution in [3.8, 4) is 6.01 Å². The number of anilines is 2. The number of nitrogens with one attached hydrogen (secondary N) is 1. The molecule has 0 radical (unpaired) electrons. The number of rotatable bonds is 8. The van der Waals surface area contributed by atoms with E-state index in [0.717, 1.165) is 6.61 Å². The minimum absolute atomic E-state index is 0.0102. The molecule has 3 N–H and O–H groups in total. The lowest BCUT2D eigenvalue weighted by Crippen LogP contribution is -2.16. The molecule has 1 aromatic rings. The second kappa shape index (κ2) is 7.73. The lowest BCUT2D eigenvalue weighted by molar-refractivity contribution is 0.118. The number of aromatic nitrogens is 3. The van der Waals surface area contributed by atoms with Crippen LogP contribution < -0.4 is 15.8 Å². The highest BCUT2D eigenvalue weighted by molar-refractivity contribution is 5.32. The molecule has 0 amide bonds. The molecule has 0 spiro atoms. The van der Waals surface area contributed by atoms with Gasteiger partial charge >= 0.3 is 6.01 Å². The van der Waals surface area contributed by atoms with Gasteiger partial charge < -0.3 is 20.5 Å². The summed E-state index contributed by atoms with van der Waals surface area (Å²) in [6, 6.07) is 0.230. The van der Waals surface area contributed by atoms with Gasteiger partial charge in [0.05, 0.1) is 12.7 Å². The number of ether oxygens (including phenoxy) is 2. The molecule has 0 aliphatic carbocycles. The van der Waals surface area contributed by atoms with Gasteiger partial charge in [0.2, 0.25) is 11.9 Å². The first-order chi connectivity index (χ1) is 8.97. The van der Waals surface area contributed by atoms with Crippen LogP contribution in [-0.4, -0.2) is 40.8 Å². The number of hydrogen-bond acceptors (Lipinski definition) is 7. The minimum Gasteiger partial charge on any atom is -0.461 e. The van der Waals surface area contributed by atoms with Crippen molar-refractivity contribution in [1.82, 2.24) is 15.0 Å². The van der Waals surface area contributed by atoms with Gasteiger partial charge in [-0.1, -0.05) is 13.8 Å². The molecular weight excluding hydrogens is 246 g/mol. The fourth-order valence-corrected chi connectivity index (χ4v) is 1.27. The predicted octanol–water partition coefficient (Wildman–Crippen LogP) is 1.33. The van der Waals surface area contributed by atoms with Crippen molar-refractivity contribution in [2.45, 2.75) is 33.8 Å². The van der Waals surface area contributed by atoms with Crippen LogP contribution in [0.1, 0.15) is 27.7 Å². The molecule has 1 heterocycles. The summed E-state index contributed by atoms with van der Waals surface area (Å²) in [6.07, 6.45) is -0.0102. The van der Waals surface area contributed by atoms with Crippen LogP contribution in [0.2, 0.25) is 0 Å².